The van der Waals surface area contributed by atoms with Gasteiger partial charge in [0.25, 0.3) is 5.91 Å². The molecule has 2 aromatic heterocycles. The zero-order valence-corrected chi connectivity index (χ0v) is 16.9. The summed E-state index contributed by atoms with van der Waals surface area (Å²) in [7, 11) is 3.31. The summed E-state index contributed by atoms with van der Waals surface area (Å²) in [6.07, 6.45) is 1.47. The van der Waals surface area contributed by atoms with E-state index in [1.807, 2.05) is 43.3 Å². The van der Waals surface area contributed by atoms with E-state index in [4.69, 9.17) is 18.5 Å². The predicted molar refractivity (Wildman–Crippen MR) is 108 cm³/mol. The van der Waals surface area contributed by atoms with Gasteiger partial charge in [0.1, 0.15) is 30.1 Å². The molecule has 0 bridgehead atoms. The number of hydrogen-bond acceptors (Lipinski definition) is 7. The van der Waals surface area contributed by atoms with Crippen LogP contribution in [0.4, 0.5) is 0 Å². The van der Waals surface area contributed by atoms with Crippen molar-refractivity contribution < 1.29 is 23.3 Å². The molecule has 4 rings (SSSR count). The Kier molecular flexibility index (Phi) is 5.38. The Morgan fingerprint density at radius 2 is 1.83 bits per heavy atom. The summed E-state index contributed by atoms with van der Waals surface area (Å²) in [5.41, 5.74) is 0.857. The highest BCUT2D eigenvalue weighted by atomic mass is 16.5. The van der Waals surface area contributed by atoms with Gasteiger partial charge in [-0.1, -0.05) is 34.6 Å². The summed E-state index contributed by atoms with van der Waals surface area (Å²) in [5.74, 6) is 1.62. The van der Waals surface area contributed by atoms with Gasteiger partial charge in [-0.25, -0.2) is 0 Å². The molecule has 30 heavy (non-hydrogen) atoms. The third-order valence-electron chi connectivity index (χ3n) is 5.00. The molecule has 0 N–H and O–H groups in total. The molecule has 8 nitrogen and oxygen atoms in total. The first kappa shape index (κ1) is 19.5. The molecule has 154 valence electrons. The average Bonchev–Trinajstić information content (AvgIpc) is 3.48. The van der Waals surface area contributed by atoms with Crippen LogP contribution in [0.2, 0.25) is 0 Å². The molecular weight excluding hydrogens is 386 g/mol. The summed E-state index contributed by atoms with van der Waals surface area (Å²) < 4.78 is 21.5. The van der Waals surface area contributed by atoms with Gasteiger partial charge in [-0.2, -0.15) is 0 Å². The number of fused-ring (bicyclic) bond motifs is 1. The number of nitrogens with zero attached hydrogens (tertiary/aromatic N) is 3. The van der Waals surface area contributed by atoms with Gasteiger partial charge in [0.2, 0.25) is 0 Å². The van der Waals surface area contributed by atoms with Crippen LogP contribution in [0.15, 0.2) is 63.8 Å². The van der Waals surface area contributed by atoms with Crippen LogP contribution in [-0.2, 0) is 6.61 Å². The highest BCUT2D eigenvalue weighted by molar-refractivity contribution is 5.93. The smallest absolute Gasteiger partial charge is 0.276 e. The lowest BCUT2D eigenvalue weighted by Crippen LogP contribution is -2.30. The molecule has 0 aliphatic rings. The predicted octanol–water partition coefficient (Wildman–Crippen LogP) is 4.24. The van der Waals surface area contributed by atoms with E-state index in [1.165, 1.54) is 11.2 Å². The number of amides is 1. The monoisotopic (exact) mass is 407 g/mol. The summed E-state index contributed by atoms with van der Waals surface area (Å²) in [6, 6.07) is 14.5. The fourth-order valence-corrected chi connectivity index (χ4v) is 3.17. The van der Waals surface area contributed by atoms with Crippen LogP contribution < -0.4 is 9.47 Å². The standard InChI is InChI=1S/C22H21N3O5/c1-14(18-10-11-29-23-18)25(2)22(26)19-12-15(30-24-19)13-28-21-9-8-20(27-3)16-6-4-5-7-17(16)21/h4-12,14H,13H2,1-3H3/t14-/m0/s1. The molecule has 0 fully saturated rings. The maximum atomic E-state index is 12.7. The zero-order chi connectivity index (χ0) is 21.1. The Morgan fingerprint density at radius 1 is 1.10 bits per heavy atom. The maximum Gasteiger partial charge on any atom is 0.276 e. The summed E-state index contributed by atoms with van der Waals surface area (Å²) in [4.78, 5) is 14.2. The van der Waals surface area contributed by atoms with E-state index >= 15 is 0 Å². The highest BCUT2D eigenvalue weighted by Gasteiger charge is 2.23. The number of ether oxygens (including phenoxy) is 2. The minimum absolute atomic E-state index is 0.138. The van der Waals surface area contributed by atoms with Gasteiger partial charge < -0.3 is 23.4 Å². The van der Waals surface area contributed by atoms with Crippen LogP contribution in [0.3, 0.4) is 0 Å². The first-order valence-electron chi connectivity index (χ1n) is 9.40. The Morgan fingerprint density at radius 3 is 2.53 bits per heavy atom. The number of carbonyl (C=O) groups is 1. The van der Waals surface area contributed by atoms with Crippen LogP contribution in [0.5, 0.6) is 11.5 Å². The number of hydrogen-bond donors (Lipinski definition) is 0. The van der Waals surface area contributed by atoms with Crippen molar-refractivity contribution in [1.82, 2.24) is 15.2 Å². The van der Waals surface area contributed by atoms with Gasteiger partial charge in [0.05, 0.1) is 13.2 Å². The third-order valence-corrected chi connectivity index (χ3v) is 5.00. The van der Waals surface area contributed by atoms with Gasteiger partial charge in [-0.3, -0.25) is 4.79 Å². The second-order valence-electron chi connectivity index (χ2n) is 6.80. The van der Waals surface area contributed by atoms with Crippen LogP contribution >= 0.6 is 0 Å². The highest BCUT2D eigenvalue weighted by Crippen LogP contribution is 2.33. The van der Waals surface area contributed by atoms with Crippen molar-refractivity contribution in [2.24, 2.45) is 0 Å². The summed E-state index contributed by atoms with van der Waals surface area (Å²) in [5, 5.41) is 9.65. The van der Waals surface area contributed by atoms with E-state index in [-0.39, 0.29) is 24.2 Å². The Labute approximate surface area is 172 Å². The van der Waals surface area contributed by atoms with Crippen molar-refractivity contribution in [3.63, 3.8) is 0 Å². The van der Waals surface area contributed by atoms with E-state index in [0.717, 1.165) is 16.5 Å². The largest absolute Gasteiger partial charge is 0.496 e. The zero-order valence-electron chi connectivity index (χ0n) is 16.9. The fraction of sp³-hybridized carbons (Fsp3) is 0.227. The molecular formula is C22H21N3O5. The SMILES string of the molecule is COc1ccc(OCc2cc(C(=O)N(C)[C@@H](C)c3ccon3)no2)c2ccccc12. The molecule has 0 aliphatic carbocycles. The topological polar surface area (TPSA) is 90.8 Å². The van der Waals surface area contributed by atoms with Crippen LogP contribution in [0.25, 0.3) is 10.8 Å². The molecule has 0 unspecified atom stereocenters. The molecule has 0 saturated heterocycles. The lowest BCUT2D eigenvalue weighted by molar-refractivity contribution is 0.0727. The van der Waals surface area contributed by atoms with Gasteiger partial charge in [-0.05, 0) is 19.1 Å². The van der Waals surface area contributed by atoms with Gasteiger partial charge in [-0.15, -0.1) is 0 Å². The molecule has 0 saturated carbocycles. The summed E-state index contributed by atoms with van der Waals surface area (Å²) in [6.45, 7) is 1.99. The van der Waals surface area contributed by atoms with Crippen molar-refractivity contribution >= 4 is 16.7 Å². The minimum atomic E-state index is -0.282. The first-order valence-corrected chi connectivity index (χ1v) is 9.40. The van der Waals surface area contributed by atoms with Crippen molar-refractivity contribution in [3.8, 4) is 11.5 Å². The quantitative estimate of drug-likeness (QED) is 0.453. The molecule has 1 amide bonds. The van der Waals surface area contributed by atoms with Gasteiger partial charge in [0, 0.05) is 30.0 Å². The van der Waals surface area contributed by atoms with E-state index in [9.17, 15) is 4.79 Å². The van der Waals surface area contributed by atoms with Crippen LogP contribution in [0.1, 0.15) is 34.9 Å². The second-order valence-corrected chi connectivity index (χ2v) is 6.80. The average molecular weight is 407 g/mol. The minimum Gasteiger partial charge on any atom is -0.496 e. The molecule has 0 radical (unpaired) electrons. The van der Waals surface area contributed by atoms with Gasteiger partial charge in [0.15, 0.2) is 11.5 Å². The normalized spacial score (nSPS) is 12.0. The number of benzene rings is 2. The van der Waals surface area contributed by atoms with Crippen LogP contribution in [0, 0.1) is 0 Å². The van der Waals surface area contributed by atoms with E-state index < -0.39 is 0 Å². The van der Waals surface area contributed by atoms with Crippen molar-refractivity contribution in [3.05, 3.63) is 71.9 Å². The van der Waals surface area contributed by atoms with Crippen molar-refractivity contribution in [2.45, 2.75) is 19.6 Å². The molecule has 1 atom stereocenters. The summed E-state index contributed by atoms with van der Waals surface area (Å²) >= 11 is 0. The van der Waals surface area contributed by atoms with E-state index in [0.29, 0.717) is 17.2 Å². The molecule has 4 aromatic rings. The maximum absolute atomic E-state index is 12.7. The second kappa shape index (κ2) is 8.28. The fourth-order valence-electron chi connectivity index (χ4n) is 3.17. The first-order chi connectivity index (χ1) is 14.6. The van der Waals surface area contributed by atoms with E-state index in [1.54, 1.807) is 26.3 Å². The molecule has 2 heterocycles. The number of carbonyl (C=O) groups excluding carboxylic acids is 1. The molecule has 0 spiro atoms. The number of methoxy groups -OCH3 is 1. The molecule has 2 aromatic carbocycles. The van der Waals surface area contributed by atoms with Crippen molar-refractivity contribution in [2.75, 3.05) is 14.2 Å². The molecule has 8 heteroatoms. The lowest BCUT2D eigenvalue weighted by atomic mass is 10.1. The lowest BCUT2D eigenvalue weighted by Gasteiger charge is -2.21. The number of aromatic nitrogens is 2. The van der Waals surface area contributed by atoms with Gasteiger partial charge >= 0.3 is 0 Å². The number of rotatable bonds is 7. The Bertz CT molecular complexity index is 1150. The Balaban J connectivity index is 1.47. The van der Waals surface area contributed by atoms with Crippen molar-refractivity contribution in [1.29, 1.82) is 0 Å². The molecule has 0 aliphatic heterocycles. The third kappa shape index (κ3) is 3.71. The Hall–Kier alpha value is -3.81. The van der Waals surface area contributed by atoms with Crippen LogP contribution in [-0.4, -0.2) is 35.3 Å². The van der Waals surface area contributed by atoms with E-state index in [2.05, 4.69) is 10.3 Å².